The van der Waals surface area contributed by atoms with Crippen LogP contribution in [-0.4, -0.2) is 68.8 Å². The number of morpholine rings is 2. The lowest BCUT2D eigenvalue weighted by atomic mass is 10.1. The van der Waals surface area contributed by atoms with Gasteiger partial charge in [-0.1, -0.05) is 12.1 Å². The zero-order chi connectivity index (χ0) is 16.8. The summed E-state index contributed by atoms with van der Waals surface area (Å²) in [5.74, 6) is -0.200. The highest BCUT2D eigenvalue weighted by atomic mass is 16.5. The van der Waals surface area contributed by atoms with E-state index in [0.29, 0.717) is 57.2 Å². The number of nitrogens with one attached hydrogen (secondary N) is 2. The number of ether oxygens (including phenoxy) is 2. The second kappa shape index (κ2) is 8.23. The molecule has 24 heavy (non-hydrogen) atoms. The van der Waals surface area contributed by atoms with Crippen LogP contribution >= 0.6 is 0 Å². The molecular weight excluding hydrogens is 310 g/mol. The quantitative estimate of drug-likeness (QED) is 0.838. The molecule has 0 saturated carbocycles. The fourth-order valence-corrected chi connectivity index (χ4v) is 2.89. The SMILES string of the molecule is O=C(CC1COCCN1)Nc1ccccc1C(=O)N1CCOCC1. The first-order valence-electron chi connectivity index (χ1n) is 8.31. The number of hydrogen-bond donors (Lipinski definition) is 2. The Labute approximate surface area is 141 Å². The molecule has 2 aliphatic heterocycles. The highest BCUT2D eigenvalue weighted by Crippen LogP contribution is 2.18. The van der Waals surface area contributed by atoms with Gasteiger partial charge in [0.05, 0.1) is 37.7 Å². The van der Waals surface area contributed by atoms with Gasteiger partial charge in [0, 0.05) is 32.1 Å². The molecule has 0 aliphatic carbocycles. The lowest BCUT2D eigenvalue weighted by molar-refractivity contribution is -0.117. The highest BCUT2D eigenvalue weighted by Gasteiger charge is 2.22. The fraction of sp³-hybridized carbons (Fsp3) is 0.529. The minimum Gasteiger partial charge on any atom is -0.378 e. The second-order valence-corrected chi connectivity index (χ2v) is 5.93. The van der Waals surface area contributed by atoms with Gasteiger partial charge in [0.1, 0.15) is 0 Å². The molecule has 7 heteroatoms. The van der Waals surface area contributed by atoms with Crippen LogP contribution in [0.2, 0.25) is 0 Å². The topological polar surface area (TPSA) is 79.9 Å². The third kappa shape index (κ3) is 4.31. The van der Waals surface area contributed by atoms with Crippen LogP contribution in [0.3, 0.4) is 0 Å². The summed E-state index contributed by atoms with van der Waals surface area (Å²) in [6.45, 7) is 4.21. The number of rotatable bonds is 4. The van der Waals surface area contributed by atoms with Crippen molar-refractivity contribution in [2.45, 2.75) is 12.5 Å². The standard InChI is InChI=1S/C17H23N3O4/c21-16(11-13-12-24-8-5-18-13)19-15-4-2-1-3-14(15)17(22)20-6-9-23-10-7-20/h1-4,13,18H,5-12H2,(H,19,21). The predicted molar refractivity (Wildman–Crippen MR) is 89.0 cm³/mol. The molecule has 0 aromatic heterocycles. The molecule has 2 saturated heterocycles. The number of anilines is 1. The maximum atomic E-state index is 12.7. The Balaban J connectivity index is 1.64. The molecule has 3 rings (SSSR count). The number of amides is 2. The van der Waals surface area contributed by atoms with Crippen LogP contribution in [0.15, 0.2) is 24.3 Å². The Morgan fingerprint density at radius 2 is 1.96 bits per heavy atom. The van der Waals surface area contributed by atoms with Crippen LogP contribution in [0.4, 0.5) is 5.69 Å². The number of carbonyl (C=O) groups is 2. The van der Waals surface area contributed by atoms with Gasteiger partial charge < -0.3 is 25.0 Å². The minimum absolute atomic E-state index is 0.0147. The van der Waals surface area contributed by atoms with Crippen LogP contribution in [0.25, 0.3) is 0 Å². The maximum Gasteiger partial charge on any atom is 0.256 e. The van der Waals surface area contributed by atoms with E-state index in [-0.39, 0.29) is 17.9 Å². The molecule has 2 heterocycles. The summed E-state index contributed by atoms with van der Waals surface area (Å²) in [5.41, 5.74) is 1.07. The van der Waals surface area contributed by atoms with E-state index in [1.807, 2.05) is 6.07 Å². The van der Waals surface area contributed by atoms with Crippen molar-refractivity contribution < 1.29 is 19.1 Å². The van der Waals surface area contributed by atoms with E-state index in [1.165, 1.54) is 0 Å². The summed E-state index contributed by atoms with van der Waals surface area (Å²) in [5, 5.41) is 6.11. The molecule has 130 valence electrons. The summed E-state index contributed by atoms with van der Waals surface area (Å²) >= 11 is 0. The zero-order valence-corrected chi connectivity index (χ0v) is 13.6. The fourth-order valence-electron chi connectivity index (χ4n) is 2.89. The van der Waals surface area contributed by atoms with Crippen molar-refractivity contribution in [3.63, 3.8) is 0 Å². The molecule has 1 aromatic rings. The number of nitrogens with zero attached hydrogens (tertiary/aromatic N) is 1. The summed E-state index contributed by atoms with van der Waals surface area (Å²) in [6, 6.07) is 7.14. The minimum atomic E-state index is -0.125. The number of hydrogen-bond acceptors (Lipinski definition) is 5. The van der Waals surface area contributed by atoms with Gasteiger partial charge >= 0.3 is 0 Å². The summed E-state index contributed by atoms with van der Waals surface area (Å²) in [4.78, 5) is 26.7. The first-order chi connectivity index (χ1) is 11.7. The first-order valence-corrected chi connectivity index (χ1v) is 8.31. The van der Waals surface area contributed by atoms with E-state index in [0.717, 1.165) is 6.54 Å². The highest BCUT2D eigenvalue weighted by molar-refractivity contribution is 6.03. The van der Waals surface area contributed by atoms with E-state index in [9.17, 15) is 9.59 Å². The third-order valence-electron chi connectivity index (χ3n) is 4.16. The van der Waals surface area contributed by atoms with Crippen LogP contribution < -0.4 is 10.6 Å². The van der Waals surface area contributed by atoms with Crippen LogP contribution in [0, 0.1) is 0 Å². The molecule has 0 spiro atoms. The monoisotopic (exact) mass is 333 g/mol. The van der Waals surface area contributed by atoms with Crippen molar-refractivity contribution in [1.82, 2.24) is 10.2 Å². The lowest BCUT2D eigenvalue weighted by Crippen LogP contribution is -2.43. The molecule has 2 amide bonds. The Hall–Kier alpha value is -1.96. The lowest BCUT2D eigenvalue weighted by Gasteiger charge is -2.27. The average molecular weight is 333 g/mol. The molecule has 7 nitrogen and oxygen atoms in total. The van der Waals surface area contributed by atoms with Gasteiger partial charge in [0.2, 0.25) is 5.91 Å². The smallest absolute Gasteiger partial charge is 0.256 e. The van der Waals surface area contributed by atoms with Crippen molar-refractivity contribution >= 4 is 17.5 Å². The molecule has 2 aliphatic rings. The maximum absolute atomic E-state index is 12.7. The summed E-state index contributed by atoms with van der Waals surface area (Å²) in [6.07, 6.45) is 0.320. The molecular formula is C17H23N3O4. The first kappa shape index (κ1) is 16.9. The van der Waals surface area contributed by atoms with Crippen molar-refractivity contribution in [3.05, 3.63) is 29.8 Å². The number of benzene rings is 1. The van der Waals surface area contributed by atoms with Crippen molar-refractivity contribution in [2.24, 2.45) is 0 Å². The Kier molecular flexibility index (Phi) is 5.79. The van der Waals surface area contributed by atoms with Crippen LogP contribution in [0.5, 0.6) is 0 Å². The molecule has 2 N–H and O–H groups in total. The van der Waals surface area contributed by atoms with E-state index in [4.69, 9.17) is 9.47 Å². The molecule has 2 fully saturated rings. The van der Waals surface area contributed by atoms with E-state index >= 15 is 0 Å². The van der Waals surface area contributed by atoms with Crippen LogP contribution in [-0.2, 0) is 14.3 Å². The predicted octanol–water partition coefficient (Wildman–Crippen LogP) is 0.476. The molecule has 0 radical (unpaired) electrons. The molecule has 1 unspecified atom stereocenters. The van der Waals surface area contributed by atoms with Crippen LogP contribution in [0.1, 0.15) is 16.8 Å². The van der Waals surface area contributed by atoms with Crippen molar-refractivity contribution in [2.75, 3.05) is 51.4 Å². The summed E-state index contributed by atoms with van der Waals surface area (Å²) in [7, 11) is 0. The molecule has 1 aromatic carbocycles. The van der Waals surface area contributed by atoms with Gasteiger partial charge in [-0.3, -0.25) is 9.59 Å². The second-order valence-electron chi connectivity index (χ2n) is 5.93. The van der Waals surface area contributed by atoms with Gasteiger partial charge in [-0.25, -0.2) is 0 Å². The Morgan fingerprint density at radius 3 is 2.71 bits per heavy atom. The molecule has 0 bridgehead atoms. The summed E-state index contributed by atoms with van der Waals surface area (Å²) < 4.78 is 10.6. The van der Waals surface area contributed by atoms with E-state index in [2.05, 4.69) is 10.6 Å². The van der Waals surface area contributed by atoms with Gasteiger partial charge in [0.25, 0.3) is 5.91 Å². The number of para-hydroxylation sites is 1. The van der Waals surface area contributed by atoms with E-state index < -0.39 is 0 Å². The Morgan fingerprint density at radius 1 is 1.17 bits per heavy atom. The van der Waals surface area contributed by atoms with Crippen molar-refractivity contribution in [3.8, 4) is 0 Å². The third-order valence-corrected chi connectivity index (χ3v) is 4.16. The van der Waals surface area contributed by atoms with Gasteiger partial charge in [0.15, 0.2) is 0 Å². The van der Waals surface area contributed by atoms with E-state index in [1.54, 1.807) is 23.1 Å². The average Bonchev–Trinajstić information content (AvgIpc) is 2.63. The van der Waals surface area contributed by atoms with Gasteiger partial charge in [-0.15, -0.1) is 0 Å². The van der Waals surface area contributed by atoms with Gasteiger partial charge in [-0.05, 0) is 12.1 Å². The largest absolute Gasteiger partial charge is 0.378 e. The Bertz CT molecular complexity index is 581. The normalized spacial score (nSPS) is 21.3. The van der Waals surface area contributed by atoms with Crippen molar-refractivity contribution in [1.29, 1.82) is 0 Å². The number of carbonyl (C=O) groups excluding carboxylic acids is 2. The zero-order valence-electron chi connectivity index (χ0n) is 13.6. The molecule has 1 atom stereocenters. The van der Waals surface area contributed by atoms with Gasteiger partial charge in [-0.2, -0.15) is 0 Å².